The summed E-state index contributed by atoms with van der Waals surface area (Å²) in [6.45, 7) is 1.46. The number of hydrogen-bond donors (Lipinski definition) is 1. The van der Waals surface area contributed by atoms with E-state index in [2.05, 4.69) is 10.4 Å². The first-order valence-electron chi connectivity index (χ1n) is 8.70. The Hall–Kier alpha value is -2.34. The molecule has 1 N–H and O–H groups in total. The maximum Gasteiger partial charge on any atom is 0.251 e. The largest absolute Gasteiger partial charge is 0.491 e. The van der Waals surface area contributed by atoms with Gasteiger partial charge in [0.1, 0.15) is 12.4 Å². The van der Waals surface area contributed by atoms with Crippen molar-refractivity contribution in [3.05, 3.63) is 47.3 Å². The fraction of sp³-hybridized carbons (Fsp3) is 0.474. The average molecular weight is 343 g/mol. The molecule has 0 radical (unpaired) electrons. The van der Waals surface area contributed by atoms with Crippen molar-refractivity contribution in [1.29, 1.82) is 0 Å². The maximum atomic E-state index is 12.5. The fourth-order valence-electron chi connectivity index (χ4n) is 2.99. The van der Waals surface area contributed by atoms with Crippen molar-refractivity contribution < 1.29 is 14.3 Å². The quantitative estimate of drug-likeness (QED) is 0.749. The van der Waals surface area contributed by atoms with E-state index in [1.165, 1.54) is 24.8 Å². The van der Waals surface area contributed by atoms with Gasteiger partial charge in [-0.25, -0.2) is 0 Å². The van der Waals surface area contributed by atoms with Crippen molar-refractivity contribution in [2.45, 2.75) is 31.7 Å². The average Bonchev–Trinajstić information content (AvgIpc) is 2.92. The number of hydrogen-bond acceptors (Lipinski definition) is 4. The van der Waals surface area contributed by atoms with E-state index >= 15 is 0 Å². The number of aryl methyl sites for hydroxylation is 1. The molecule has 1 amide bonds. The number of benzene rings is 1. The molecule has 2 aromatic rings. The minimum absolute atomic E-state index is 0.113. The molecule has 1 aromatic heterocycles. The van der Waals surface area contributed by atoms with E-state index in [9.17, 15) is 4.79 Å². The van der Waals surface area contributed by atoms with Gasteiger partial charge in [0.2, 0.25) is 0 Å². The van der Waals surface area contributed by atoms with Crippen molar-refractivity contribution in [2.24, 2.45) is 7.05 Å². The predicted molar refractivity (Wildman–Crippen MR) is 94.8 cm³/mol. The first-order chi connectivity index (χ1) is 12.2. The standard InChI is InChI=1S/C19H25N3O3/c1-22-18(17(12-21-22)14-5-3-6-14)13-20-19(23)15-7-4-8-16(11-15)25-10-9-24-2/h4,7-8,11-12,14H,3,5-6,9-10,13H2,1-2H3,(H,20,23). The second-order valence-electron chi connectivity index (χ2n) is 6.35. The number of carbonyl (C=O) groups excluding carboxylic acids is 1. The van der Waals surface area contributed by atoms with Gasteiger partial charge < -0.3 is 14.8 Å². The highest BCUT2D eigenvalue weighted by atomic mass is 16.5. The molecule has 1 heterocycles. The Morgan fingerprint density at radius 1 is 1.36 bits per heavy atom. The molecule has 0 spiro atoms. The Labute approximate surface area is 148 Å². The molecule has 25 heavy (non-hydrogen) atoms. The van der Waals surface area contributed by atoms with E-state index < -0.39 is 0 Å². The van der Waals surface area contributed by atoms with E-state index in [-0.39, 0.29) is 5.91 Å². The molecule has 1 aliphatic rings. The smallest absolute Gasteiger partial charge is 0.251 e. The zero-order valence-electron chi connectivity index (χ0n) is 14.8. The molecule has 3 rings (SSSR count). The van der Waals surface area contributed by atoms with Crippen molar-refractivity contribution in [3.8, 4) is 5.75 Å². The van der Waals surface area contributed by atoms with Gasteiger partial charge in [0, 0.05) is 19.7 Å². The molecule has 1 fully saturated rings. The molecule has 0 saturated heterocycles. The summed E-state index contributed by atoms with van der Waals surface area (Å²) in [6.07, 6.45) is 5.65. The highest BCUT2D eigenvalue weighted by Gasteiger charge is 2.24. The van der Waals surface area contributed by atoms with Gasteiger partial charge in [-0.05, 0) is 42.5 Å². The fourth-order valence-corrected chi connectivity index (χ4v) is 2.99. The molecule has 0 atom stereocenters. The summed E-state index contributed by atoms with van der Waals surface area (Å²) in [5, 5.41) is 7.36. The molecule has 1 saturated carbocycles. The van der Waals surface area contributed by atoms with E-state index in [1.807, 2.05) is 30.1 Å². The van der Waals surface area contributed by atoms with Crippen molar-refractivity contribution in [1.82, 2.24) is 15.1 Å². The van der Waals surface area contributed by atoms with E-state index in [1.54, 1.807) is 19.2 Å². The van der Waals surface area contributed by atoms with E-state index in [0.29, 0.717) is 37.0 Å². The van der Waals surface area contributed by atoms with E-state index in [0.717, 1.165) is 5.69 Å². The molecule has 0 aliphatic heterocycles. The minimum atomic E-state index is -0.113. The lowest BCUT2D eigenvalue weighted by Gasteiger charge is -2.25. The molecule has 6 nitrogen and oxygen atoms in total. The molecule has 0 bridgehead atoms. The van der Waals surface area contributed by atoms with Crippen LogP contribution in [0.25, 0.3) is 0 Å². The van der Waals surface area contributed by atoms with Gasteiger partial charge in [-0.2, -0.15) is 5.10 Å². The lowest BCUT2D eigenvalue weighted by Crippen LogP contribution is -2.25. The van der Waals surface area contributed by atoms with Gasteiger partial charge in [0.15, 0.2) is 0 Å². The van der Waals surface area contributed by atoms with Crippen LogP contribution >= 0.6 is 0 Å². The molecule has 1 aromatic carbocycles. The highest BCUT2D eigenvalue weighted by Crippen LogP contribution is 2.37. The highest BCUT2D eigenvalue weighted by molar-refractivity contribution is 5.94. The molecular formula is C19H25N3O3. The lowest BCUT2D eigenvalue weighted by atomic mass is 9.80. The van der Waals surface area contributed by atoms with Crippen LogP contribution in [0.4, 0.5) is 0 Å². The summed E-state index contributed by atoms with van der Waals surface area (Å²) < 4.78 is 12.4. The summed E-state index contributed by atoms with van der Waals surface area (Å²) in [7, 11) is 3.55. The van der Waals surface area contributed by atoms with Crippen LogP contribution in [-0.4, -0.2) is 36.0 Å². The number of methoxy groups -OCH3 is 1. The summed E-state index contributed by atoms with van der Waals surface area (Å²) in [5.74, 6) is 1.15. The van der Waals surface area contributed by atoms with Crippen molar-refractivity contribution in [3.63, 3.8) is 0 Å². The number of nitrogens with one attached hydrogen (secondary N) is 1. The third-order valence-electron chi connectivity index (χ3n) is 4.71. The van der Waals surface area contributed by atoms with Gasteiger partial charge in [-0.1, -0.05) is 12.5 Å². The number of rotatable bonds is 8. The van der Waals surface area contributed by atoms with Gasteiger partial charge in [-0.3, -0.25) is 9.48 Å². The van der Waals surface area contributed by atoms with Crippen LogP contribution in [0, 0.1) is 0 Å². The monoisotopic (exact) mass is 343 g/mol. The molecule has 6 heteroatoms. The zero-order valence-corrected chi connectivity index (χ0v) is 14.8. The van der Waals surface area contributed by atoms with Crippen LogP contribution in [0.5, 0.6) is 5.75 Å². The number of carbonyl (C=O) groups is 1. The summed E-state index contributed by atoms with van der Waals surface area (Å²) in [4.78, 5) is 12.5. The topological polar surface area (TPSA) is 65.4 Å². The van der Waals surface area contributed by atoms with Crippen molar-refractivity contribution >= 4 is 5.91 Å². The molecular weight excluding hydrogens is 318 g/mol. The predicted octanol–water partition coefficient (Wildman–Crippen LogP) is 2.64. The van der Waals surface area contributed by atoms with Gasteiger partial charge >= 0.3 is 0 Å². The van der Waals surface area contributed by atoms with Gasteiger partial charge in [0.25, 0.3) is 5.91 Å². The number of nitrogens with zero attached hydrogens (tertiary/aromatic N) is 2. The molecule has 1 aliphatic carbocycles. The Balaban J connectivity index is 1.61. The number of amides is 1. The van der Waals surface area contributed by atoms with Crippen LogP contribution < -0.4 is 10.1 Å². The number of ether oxygens (including phenoxy) is 2. The van der Waals surface area contributed by atoms with Crippen LogP contribution in [0.1, 0.15) is 46.8 Å². The molecule has 0 unspecified atom stereocenters. The van der Waals surface area contributed by atoms with Crippen LogP contribution in [-0.2, 0) is 18.3 Å². The van der Waals surface area contributed by atoms with E-state index in [4.69, 9.17) is 9.47 Å². The normalized spacial score (nSPS) is 14.2. The first kappa shape index (κ1) is 17.5. The summed E-state index contributed by atoms with van der Waals surface area (Å²) in [6, 6.07) is 7.19. The van der Waals surface area contributed by atoms with Gasteiger partial charge in [-0.15, -0.1) is 0 Å². The maximum absolute atomic E-state index is 12.5. The Morgan fingerprint density at radius 3 is 2.92 bits per heavy atom. The molecule has 134 valence electrons. The second-order valence-corrected chi connectivity index (χ2v) is 6.35. The first-order valence-corrected chi connectivity index (χ1v) is 8.70. The number of aromatic nitrogens is 2. The third kappa shape index (κ3) is 4.20. The van der Waals surface area contributed by atoms with Gasteiger partial charge in [0.05, 0.1) is 25.0 Å². The van der Waals surface area contributed by atoms with Crippen LogP contribution in [0.15, 0.2) is 30.5 Å². The Bertz CT molecular complexity index is 722. The Morgan fingerprint density at radius 2 is 2.20 bits per heavy atom. The summed E-state index contributed by atoms with van der Waals surface area (Å²) in [5.41, 5.74) is 2.94. The summed E-state index contributed by atoms with van der Waals surface area (Å²) >= 11 is 0. The van der Waals surface area contributed by atoms with Crippen molar-refractivity contribution in [2.75, 3.05) is 20.3 Å². The minimum Gasteiger partial charge on any atom is -0.491 e. The van der Waals surface area contributed by atoms with Crippen LogP contribution in [0.2, 0.25) is 0 Å². The Kier molecular flexibility index (Phi) is 5.71. The third-order valence-corrected chi connectivity index (χ3v) is 4.71. The SMILES string of the molecule is COCCOc1cccc(C(=O)NCc2c(C3CCC3)cnn2C)c1. The lowest BCUT2D eigenvalue weighted by molar-refractivity contribution is 0.0949. The van der Waals surface area contributed by atoms with Crippen LogP contribution in [0.3, 0.4) is 0 Å². The second kappa shape index (κ2) is 8.16. The zero-order chi connectivity index (χ0) is 17.6.